The van der Waals surface area contributed by atoms with Gasteiger partial charge in [-0.3, -0.25) is 4.79 Å². The van der Waals surface area contributed by atoms with Crippen LogP contribution >= 0.6 is 12.4 Å². The van der Waals surface area contributed by atoms with Crippen LogP contribution in [0, 0.1) is 13.8 Å². The molecule has 6 heteroatoms. The standard InChI is InChI=1S/C16H19NO4.ClH/c1-9-13(19)6-5-12-14(20)10(2)16(21-15(9)12)17-7-3-4-11(18)8-17;/h5-6,11,18-19H,3-4,7-8H2,1-2H3;1H. The molecule has 2 heterocycles. The number of hydrogen-bond acceptors (Lipinski definition) is 5. The minimum Gasteiger partial charge on any atom is -0.508 e. The zero-order valence-electron chi connectivity index (χ0n) is 12.6. The van der Waals surface area contributed by atoms with Gasteiger partial charge in [0.2, 0.25) is 5.88 Å². The molecule has 120 valence electrons. The molecule has 0 bridgehead atoms. The predicted molar refractivity (Wildman–Crippen MR) is 88.3 cm³/mol. The van der Waals surface area contributed by atoms with Crippen LogP contribution in [-0.2, 0) is 0 Å². The first-order valence-electron chi connectivity index (χ1n) is 7.18. The van der Waals surface area contributed by atoms with E-state index in [2.05, 4.69) is 0 Å². The van der Waals surface area contributed by atoms with Crippen molar-refractivity contribution in [3.8, 4) is 5.75 Å². The molecule has 1 aromatic carbocycles. The first-order valence-corrected chi connectivity index (χ1v) is 7.18. The number of benzene rings is 1. The van der Waals surface area contributed by atoms with Crippen molar-refractivity contribution in [2.75, 3.05) is 18.0 Å². The highest BCUT2D eigenvalue weighted by Gasteiger charge is 2.23. The van der Waals surface area contributed by atoms with Gasteiger partial charge < -0.3 is 19.5 Å². The topological polar surface area (TPSA) is 73.9 Å². The van der Waals surface area contributed by atoms with Crippen LogP contribution < -0.4 is 10.3 Å². The number of fused-ring (bicyclic) bond motifs is 1. The van der Waals surface area contributed by atoms with E-state index in [1.807, 2.05) is 4.90 Å². The van der Waals surface area contributed by atoms with Crippen molar-refractivity contribution in [3.63, 3.8) is 0 Å². The van der Waals surface area contributed by atoms with Gasteiger partial charge in [-0.15, -0.1) is 12.4 Å². The Morgan fingerprint density at radius 1 is 1.27 bits per heavy atom. The highest BCUT2D eigenvalue weighted by atomic mass is 35.5. The second kappa shape index (κ2) is 6.18. The molecule has 22 heavy (non-hydrogen) atoms. The van der Waals surface area contributed by atoms with Crippen LogP contribution in [0.1, 0.15) is 24.0 Å². The molecule has 0 aliphatic carbocycles. The Bertz CT molecular complexity index is 756. The van der Waals surface area contributed by atoms with Crippen molar-refractivity contribution in [2.45, 2.75) is 32.8 Å². The minimum atomic E-state index is -0.399. The second-order valence-corrected chi connectivity index (χ2v) is 5.69. The number of aliphatic hydroxyl groups excluding tert-OH is 1. The average molecular weight is 326 g/mol. The number of β-amino-alcohol motifs (C(OH)–C–C–N with tert-alkyl or cyclic N) is 1. The van der Waals surface area contributed by atoms with Crippen LogP contribution in [-0.4, -0.2) is 29.4 Å². The van der Waals surface area contributed by atoms with Crippen molar-refractivity contribution >= 4 is 29.3 Å². The average Bonchev–Trinajstić information content (AvgIpc) is 2.46. The summed E-state index contributed by atoms with van der Waals surface area (Å²) < 4.78 is 5.93. The number of anilines is 1. The molecule has 1 unspecified atom stereocenters. The molecule has 1 fully saturated rings. The van der Waals surface area contributed by atoms with E-state index in [0.717, 1.165) is 19.4 Å². The first-order chi connectivity index (χ1) is 9.99. The van der Waals surface area contributed by atoms with E-state index in [1.54, 1.807) is 19.9 Å². The number of piperidine rings is 1. The quantitative estimate of drug-likeness (QED) is 0.842. The number of aryl methyl sites for hydroxylation is 1. The maximum Gasteiger partial charge on any atom is 0.203 e. The lowest BCUT2D eigenvalue weighted by Crippen LogP contribution is -2.39. The number of aromatic hydroxyl groups is 1. The van der Waals surface area contributed by atoms with Gasteiger partial charge in [-0.2, -0.15) is 0 Å². The third kappa shape index (κ3) is 2.66. The summed E-state index contributed by atoms with van der Waals surface area (Å²) >= 11 is 0. The Hall–Kier alpha value is -1.72. The summed E-state index contributed by atoms with van der Waals surface area (Å²) in [6, 6.07) is 3.10. The number of phenols is 1. The molecule has 1 aliphatic heterocycles. The summed E-state index contributed by atoms with van der Waals surface area (Å²) in [5.74, 6) is 0.610. The van der Waals surface area contributed by atoms with E-state index < -0.39 is 6.10 Å². The lowest BCUT2D eigenvalue weighted by atomic mass is 10.1. The van der Waals surface area contributed by atoms with E-state index in [1.165, 1.54) is 6.07 Å². The van der Waals surface area contributed by atoms with Crippen molar-refractivity contribution in [1.29, 1.82) is 0 Å². The van der Waals surface area contributed by atoms with E-state index in [9.17, 15) is 15.0 Å². The number of halogens is 1. The third-order valence-corrected chi connectivity index (χ3v) is 4.17. The molecule has 2 N–H and O–H groups in total. The van der Waals surface area contributed by atoms with Crippen molar-refractivity contribution < 1.29 is 14.6 Å². The van der Waals surface area contributed by atoms with E-state index in [4.69, 9.17) is 4.42 Å². The summed E-state index contributed by atoms with van der Waals surface area (Å²) in [6.07, 6.45) is 1.23. The zero-order chi connectivity index (χ0) is 15.1. The molecule has 3 rings (SSSR count). The molecular weight excluding hydrogens is 306 g/mol. The van der Waals surface area contributed by atoms with Crippen molar-refractivity contribution in [2.24, 2.45) is 0 Å². The van der Waals surface area contributed by atoms with Gasteiger partial charge in [0.05, 0.1) is 17.1 Å². The van der Waals surface area contributed by atoms with Gasteiger partial charge in [-0.1, -0.05) is 0 Å². The van der Waals surface area contributed by atoms with E-state index >= 15 is 0 Å². The highest BCUT2D eigenvalue weighted by molar-refractivity contribution is 5.85. The largest absolute Gasteiger partial charge is 0.508 e. The van der Waals surface area contributed by atoms with Crippen LogP contribution in [0.5, 0.6) is 5.75 Å². The summed E-state index contributed by atoms with van der Waals surface area (Å²) in [5.41, 5.74) is 1.43. The van der Waals surface area contributed by atoms with E-state index in [-0.39, 0.29) is 23.6 Å². The first kappa shape index (κ1) is 16.6. The maximum atomic E-state index is 12.5. The fourth-order valence-electron chi connectivity index (χ4n) is 2.90. The van der Waals surface area contributed by atoms with Gasteiger partial charge >= 0.3 is 0 Å². The molecule has 0 spiro atoms. The zero-order valence-corrected chi connectivity index (χ0v) is 13.4. The molecule has 1 atom stereocenters. The smallest absolute Gasteiger partial charge is 0.203 e. The van der Waals surface area contributed by atoms with Gasteiger partial charge in [0.25, 0.3) is 0 Å². The summed E-state index contributed by atoms with van der Waals surface area (Å²) in [7, 11) is 0. The van der Waals surface area contributed by atoms with Gasteiger partial charge in [-0.05, 0) is 38.8 Å². The lowest BCUT2D eigenvalue weighted by Gasteiger charge is -2.31. The monoisotopic (exact) mass is 325 g/mol. The molecule has 0 radical (unpaired) electrons. The number of hydrogen-bond donors (Lipinski definition) is 2. The molecular formula is C16H20ClNO4. The summed E-state index contributed by atoms with van der Waals surface area (Å²) in [5, 5.41) is 20.1. The fraction of sp³-hybridized carbons (Fsp3) is 0.438. The summed E-state index contributed by atoms with van der Waals surface area (Å²) in [4.78, 5) is 14.4. The Morgan fingerprint density at radius 2 is 2.00 bits per heavy atom. The van der Waals surface area contributed by atoms with Crippen LogP contribution in [0.25, 0.3) is 11.0 Å². The van der Waals surface area contributed by atoms with Gasteiger partial charge in [0, 0.05) is 18.7 Å². The molecule has 0 amide bonds. The molecule has 5 nitrogen and oxygen atoms in total. The van der Waals surface area contributed by atoms with Gasteiger partial charge in [-0.25, -0.2) is 0 Å². The maximum absolute atomic E-state index is 12.5. The molecule has 2 aromatic rings. The van der Waals surface area contributed by atoms with Crippen LogP contribution in [0.15, 0.2) is 21.3 Å². The molecule has 1 aliphatic rings. The lowest BCUT2D eigenvalue weighted by molar-refractivity contribution is 0.152. The van der Waals surface area contributed by atoms with Crippen molar-refractivity contribution in [3.05, 3.63) is 33.5 Å². The van der Waals surface area contributed by atoms with Crippen LogP contribution in [0.3, 0.4) is 0 Å². The minimum absolute atomic E-state index is 0. The third-order valence-electron chi connectivity index (χ3n) is 4.17. The molecule has 1 saturated heterocycles. The number of nitrogens with zero attached hydrogens (tertiary/aromatic N) is 1. The number of phenolic OH excluding ortho intramolecular Hbond substituents is 1. The van der Waals surface area contributed by atoms with Crippen molar-refractivity contribution in [1.82, 2.24) is 0 Å². The number of rotatable bonds is 1. The fourth-order valence-corrected chi connectivity index (χ4v) is 2.90. The predicted octanol–water partition coefficient (Wildman–Crippen LogP) is 2.50. The molecule has 1 aromatic heterocycles. The van der Waals surface area contributed by atoms with E-state index in [0.29, 0.717) is 34.5 Å². The van der Waals surface area contributed by atoms with Gasteiger partial charge in [0.15, 0.2) is 5.43 Å². The highest BCUT2D eigenvalue weighted by Crippen LogP contribution is 2.30. The SMILES string of the molecule is Cc1c(N2CCCC(O)C2)oc2c(C)c(O)ccc2c1=O.Cl. The summed E-state index contributed by atoms with van der Waals surface area (Å²) in [6.45, 7) is 4.69. The Morgan fingerprint density at radius 3 is 2.68 bits per heavy atom. The number of aliphatic hydroxyl groups is 1. The van der Waals surface area contributed by atoms with Crippen LogP contribution in [0.2, 0.25) is 0 Å². The Kier molecular flexibility index (Phi) is 4.68. The molecule has 0 saturated carbocycles. The Balaban J connectivity index is 0.00000176. The second-order valence-electron chi connectivity index (χ2n) is 5.69. The normalized spacial score (nSPS) is 18.3. The Labute approximate surface area is 134 Å². The van der Waals surface area contributed by atoms with Gasteiger partial charge in [0.1, 0.15) is 11.3 Å². The van der Waals surface area contributed by atoms with Crippen LogP contribution in [0.4, 0.5) is 5.88 Å².